The minimum absolute atomic E-state index is 0.111. The Morgan fingerprint density at radius 1 is 1.15 bits per heavy atom. The normalized spacial score (nSPS) is 53.9. The van der Waals surface area contributed by atoms with Crippen LogP contribution in [0.25, 0.3) is 0 Å². The van der Waals surface area contributed by atoms with Crippen molar-refractivity contribution in [1.29, 1.82) is 0 Å². The number of nitrogens with zero attached hydrogens (tertiary/aromatic N) is 1. The fraction of sp³-hybridized carbons (Fsp3) is 0.900. The van der Waals surface area contributed by atoms with E-state index in [0.717, 1.165) is 25.7 Å². The van der Waals surface area contributed by atoms with Crippen molar-refractivity contribution in [2.24, 2.45) is 5.92 Å². The second kappa shape index (κ2) is 2.55. The molecule has 1 N–H and O–H groups in total. The van der Waals surface area contributed by atoms with Gasteiger partial charge in [0.2, 0.25) is 0 Å². The van der Waals surface area contributed by atoms with Crippen molar-refractivity contribution in [2.45, 2.75) is 43.9 Å². The van der Waals surface area contributed by atoms with Crippen molar-refractivity contribution < 1.29 is 9.90 Å². The zero-order chi connectivity index (χ0) is 9.00. The van der Waals surface area contributed by atoms with Crippen molar-refractivity contribution >= 4 is 5.78 Å². The van der Waals surface area contributed by atoms with E-state index < -0.39 is 0 Å². The van der Waals surface area contributed by atoms with E-state index in [4.69, 9.17) is 0 Å². The second-order valence-corrected chi connectivity index (χ2v) is 4.74. The van der Waals surface area contributed by atoms with Gasteiger partial charge in [-0.05, 0) is 25.7 Å². The second-order valence-electron chi connectivity index (χ2n) is 4.74. The fourth-order valence-electron chi connectivity index (χ4n) is 3.34. The van der Waals surface area contributed by atoms with Crippen LogP contribution in [0.4, 0.5) is 0 Å². The monoisotopic (exact) mass is 181 g/mol. The zero-order valence-electron chi connectivity index (χ0n) is 7.65. The number of rotatable bonds is 0. The maximum absolute atomic E-state index is 11.5. The topological polar surface area (TPSA) is 40.5 Å². The molecule has 4 aliphatic heterocycles. The molecule has 72 valence electrons. The van der Waals surface area contributed by atoms with Gasteiger partial charge in [0.1, 0.15) is 5.78 Å². The summed E-state index contributed by atoms with van der Waals surface area (Å²) in [6, 6.07) is 1.01. The summed E-state index contributed by atoms with van der Waals surface area (Å²) >= 11 is 0. The molecule has 4 fully saturated rings. The van der Waals surface area contributed by atoms with Crippen LogP contribution >= 0.6 is 0 Å². The smallest absolute Gasteiger partial charge is 0.150 e. The Morgan fingerprint density at radius 3 is 2.31 bits per heavy atom. The lowest BCUT2D eigenvalue weighted by atomic mass is 9.72. The third kappa shape index (κ3) is 1.07. The van der Waals surface area contributed by atoms with Gasteiger partial charge in [-0.1, -0.05) is 0 Å². The maximum Gasteiger partial charge on any atom is 0.150 e. The Kier molecular flexibility index (Phi) is 1.56. The van der Waals surface area contributed by atoms with Gasteiger partial charge in [0.15, 0.2) is 0 Å². The van der Waals surface area contributed by atoms with Crippen molar-refractivity contribution in [3.63, 3.8) is 0 Å². The van der Waals surface area contributed by atoms with Crippen molar-refractivity contribution in [3.8, 4) is 0 Å². The first kappa shape index (κ1) is 7.94. The van der Waals surface area contributed by atoms with Gasteiger partial charge in [-0.15, -0.1) is 0 Å². The number of ketones is 1. The molecule has 4 unspecified atom stereocenters. The van der Waals surface area contributed by atoms with Gasteiger partial charge in [0, 0.05) is 18.0 Å². The number of carbonyl (C=O) groups excluding carboxylic acids is 1. The third-order valence-corrected chi connectivity index (χ3v) is 3.93. The highest BCUT2D eigenvalue weighted by Crippen LogP contribution is 2.41. The summed E-state index contributed by atoms with van der Waals surface area (Å²) < 4.78 is 0. The van der Waals surface area contributed by atoms with Gasteiger partial charge < -0.3 is 5.11 Å². The lowest BCUT2D eigenvalue weighted by Gasteiger charge is -2.53. The summed E-state index contributed by atoms with van der Waals surface area (Å²) in [5, 5.41) is 9.60. The highest BCUT2D eigenvalue weighted by Gasteiger charge is 2.48. The van der Waals surface area contributed by atoms with Crippen molar-refractivity contribution in [2.75, 3.05) is 6.54 Å². The van der Waals surface area contributed by atoms with Crippen LogP contribution in [-0.2, 0) is 4.79 Å². The summed E-state index contributed by atoms with van der Waals surface area (Å²) in [5.41, 5.74) is 0. The zero-order valence-corrected chi connectivity index (χ0v) is 7.65. The summed E-state index contributed by atoms with van der Waals surface area (Å²) in [6.07, 6.45) is 3.68. The number of aliphatic hydroxyl groups is 1. The van der Waals surface area contributed by atoms with Crippen LogP contribution in [0.5, 0.6) is 0 Å². The maximum atomic E-state index is 11.5. The van der Waals surface area contributed by atoms with Crippen LogP contribution in [-0.4, -0.2) is 40.5 Å². The molecule has 0 radical (unpaired) electrons. The van der Waals surface area contributed by atoms with Gasteiger partial charge in [0.05, 0.1) is 12.6 Å². The van der Waals surface area contributed by atoms with Gasteiger partial charge in [0.25, 0.3) is 0 Å². The van der Waals surface area contributed by atoms with Crippen LogP contribution in [0, 0.1) is 5.92 Å². The standard InChI is InChI=1S/C10H15NO2/c12-9-3-7-1-6-2-8(4-9)11(7)5-10(6)13/h6-9,12H,1-5H2/t6?,7-,8?,9?/m1/s1. The van der Waals surface area contributed by atoms with E-state index in [1.54, 1.807) is 0 Å². The van der Waals surface area contributed by atoms with Gasteiger partial charge >= 0.3 is 0 Å². The molecule has 0 aromatic heterocycles. The number of Topliss-reactive ketones (excluding diaryl/α,β-unsaturated/α-hetero) is 1. The molecule has 0 amide bonds. The number of hydrogen-bond donors (Lipinski definition) is 1. The Balaban J connectivity index is 1.87. The molecule has 0 aromatic carbocycles. The average molecular weight is 181 g/mol. The van der Waals surface area contributed by atoms with Crippen LogP contribution in [0.3, 0.4) is 0 Å². The summed E-state index contributed by atoms with van der Waals surface area (Å²) in [5.74, 6) is 0.761. The lowest BCUT2D eigenvalue weighted by molar-refractivity contribution is -0.144. The summed E-state index contributed by atoms with van der Waals surface area (Å²) in [7, 11) is 0. The van der Waals surface area contributed by atoms with E-state index in [-0.39, 0.29) is 6.10 Å². The Bertz CT molecular complexity index is 237. The minimum Gasteiger partial charge on any atom is -0.393 e. The van der Waals surface area contributed by atoms with Crippen LogP contribution in [0.15, 0.2) is 0 Å². The van der Waals surface area contributed by atoms with Crippen LogP contribution < -0.4 is 0 Å². The quantitative estimate of drug-likeness (QED) is 0.579. The molecular weight excluding hydrogens is 166 g/mol. The number of carbonyl (C=O) groups is 1. The fourth-order valence-corrected chi connectivity index (χ4v) is 3.34. The molecule has 5 atom stereocenters. The van der Waals surface area contributed by atoms with E-state index in [0.29, 0.717) is 30.3 Å². The number of fused-ring (bicyclic) bond motifs is 1. The molecule has 0 spiro atoms. The number of piperidine rings is 4. The molecule has 0 saturated carbocycles. The molecule has 4 bridgehead atoms. The minimum atomic E-state index is -0.111. The van der Waals surface area contributed by atoms with Gasteiger partial charge in [-0.25, -0.2) is 0 Å². The first-order valence-corrected chi connectivity index (χ1v) is 5.20. The van der Waals surface area contributed by atoms with E-state index in [9.17, 15) is 9.90 Å². The molecule has 0 aliphatic carbocycles. The summed E-state index contributed by atoms with van der Waals surface area (Å²) in [6.45, 7) is 0.659. The predicted octanol–water partition coefficient (Wildman–Crippen LogP) is 0.173. The third-order valence-electron chi connectivity index (χ3n) is 3.93. The number of hydrogen-bond acceptors (Lipinski definition) is 3. The first-order chi connectivity index (χ1) is 6.24. The van der Waals surface area contributed by atoms with Crippen LogP contribution in [0.1, 0.15) is 25.7 Å². The Labute approximate surface area is 77.7 Å². The van der Waals surface area contributed by atoms with E-state index >= 15 is 0 Å². The van der Waals surface area contributed by atoms with E-state index in [1.165, 1.54) is 0 Å². The lowest BCUT2D eigenvalue weighted by Crippen LogP contribution is -2.62. The Hall–Kier alpha value is -0.410. The molecule has 4 rings (SSSR count). The first-order valence-electron chi connectivity index (χ1n) is 5.20. The molecule has 13 heavy (non-hydrogen) atoms. The molecular formula is C10H15NO2. The van der Waals surface area contributed by atoms with E-state index in [2.05, 4.69) is 4.90 Å². The molecule has 4 saturated heterocycles. The number of aliphatic hydroxyl groups excluding tert-OH is 1. The molecule has 4 aliphatic rings. The predicted molar refractivity (Wildman–Crippen MR) is 47.3 cm³/mol. The van der Waals surface area contributed by atoms with Crippen molar-refractivity contribution in [1.82, 2.24) is 4.90 Å². The Morgan fingerprint density at radius 2 is 1.77 bits per heavy atom. The summed E-state index contributed by atoms with van der Waals surface area (Å²) in [4.78, 5) is 13.8. The highest BCUT2D eigenvalue weighted by molar-refractivity contribution is 5.84. The van der Waals surface area contributed by atoms with Crippen LogP contribution in [0.2, 0.25) is 0 Å². The molecule has 3 heteroatoms. The van der Waals surface area contributed by atoms with Gasteiger partial charge in [-0.3, -0.25) is 9.69 Å². The largest absolute Gasteiger partial charge is 0.393 e. The van der Waals surface area contributed by atoms with Gasteiger partial charge in [-0.2, -0.15) is 0 Å². The van der Waals surface area contributed by atoms with Crippen molar-refractivity contribution in [3.05, 3.63) is 0 Å². The molecule has 0 aromatic rings. The van der Waals surface area contributed by atoms with E-state index in [1.807, 2.05) is 0 Å². The SMILES string of the molecule is O=C1CN2C3CC(O)C[C@H]2CC1C3. The molecule has 3 nitrogen and oxygen atoms in total. The average Bonchev–Trinajstić information content (AvgIpc) is 2.04. The highest BCUT2D eigenvalue weighted by atomic mass is 16.3. The molecule has 4 heterocycles.